The van der Waals surface area contributed by atoms with Crippen LogP contribution >= 0.6 is 24.0 Å². The summed E-state index contributed by atoms with van der Waals surface area (Å²) in [6.45, 7) is 6.98. The topological polar surface area (TPSA) is 68.9 Å². The lowest BCUT2D eigenvalue weighted by Crippen LogP contribution is -2.27. The summed E-state index contributed by atoms with van der Waals surface area (Å²) in [5, 5.41) is 3.09. The molecule has 3 N–H and O–H groups in total. The molecule has 0 aliphatic rings. The number of benzene rings is 2. The van der Waals surface area contributed by atoms with Crippen LogP contribution in [0.2, 0.25) is 0 Å². The zero-order valence-corrected chi connectivity index (χ0v) is 18.3. The third-order valence-corrected chi connectivity index (χ3v) is 4.13. The molecule has 0 fully saturated rings. The van der Waals surface area contributed by atoms with Gasteiger partial charge in [0.25, 0.3) is 0 Å². The molecule has 0 aromatic heterocycles. The average Bonchev–Trinajstić information content (AvgIpc) is 2.60. The fraction of sp³-hybridized carbons (Fsp3) is 0.350. The molecule has 0 saturated heterocycles. The van der Waals surface area contributed by atoms with Gasteiger partial charge in [0.15, 0.2) is 17.5 Å². The molecule has 2 aromatic carbocycles. The van der Waals surface area contributed by atoms with Gasteiger partial charge >= 0.3 is 0 Å². The molecule has 0 atom stereocenters. The molecule has 0 spiro atoms. The Balaban J connectivity index is 0.00000338. The predicted molar refractivity (Wildman–Crippen MR) is 119 cm³/mol. The van der Waals surface area contributed by atoms with Gasteiger partial charge in [-0.05, 0) is 24.6 Å². The highest BCUT2D eigenvalue weighted by Crippen LogP contribution is 2.29. The van der Waals surface area contributed by atoms with Gasteiger partial charge in [-0.15, -0.1) is 24.0 Å². The summed E-state index contributed by atoms with van der Waals surface area (Å²) < 4.78 is 10.5. The van der Waals surface area contributed by atoms with Gasteiger partial charge in [0.1, 0.15) is 0 Å². The number of hydrogen-bond acceptors (Lipinski definition) is 3. The smallest absolute Gasteiger partial charge is 0.193 e. The van der Waals surface area contributed by atoms with Crippen LogP contribution in [0.25, 0.3) is 0 Å². The van der Waals surface area contributed by atoms with Gasteiger partial charge in [0.2, 0.25) is 0 Å². The number of nitrogens with two attached hydrogens (primary N) is 1. The second-order valence-electron chi connectivity index (χ2n) is 6.65. The first-order chi connectivity index (χ1) is 11.9. The van der Waals surface area contributed by atoms with Crippen LogP contribution in [0.5, 0.6) is 11.5 Å². The van der Waals surface area contributed by atoms with Crippen molar-refractivity contribution in [1.29, 1.82) is 0 Å². The van der Waals surface area contributed by atoms with E-state index in [1.807, 2.05) is 18.2 Å². The number of ether oxygens (including phenoxy) is 2. The van der Waals surface area contributed by atoms with Crippen molar-refractivity contribution >= 4 is 35.6 Å². The fourth-order valence-electron chi connectivity index (χ4n) is 2.48. The third kappa shape index (κ3) is 5.79. The Bertz CT molecular complexity index is 743. The Morgan fingerprint density at radius 1 is 1.04 bits per heavy atom. The number of hydrogen-bond donors (Lipinski definition) is 2. The minimum Gasteiger partial charge on any atom is -0.493 e. The lowest BCUT2D eigenvalue weighted by atomic mass is 9.84. The number of nitrogens with zero attached hydrogens (tertiary/aromatic N) is 1. The van der Waals surface area contributed by atoms with Crippen LogP contribution < -0.4 is 20.5 Å². The van der Waals surface area contributed by atoms with Crippen molar-refractivity contribution < 1.29 is 9.47 Å². The molecule has 0 aliphatic carbocycles. The van der Waals surface area contributed by atoms with Crippen molar-refractivity contribution in [2.45, 2.75) is 26.2 Å². The molecule has 0 bridgehead atoms. The summed E-state index contributed by atoms with van der Waals surface area (Å²) in [7, 11) is 3.21. The number of guanidine groups is 1. The van der Waals surface area contributed by atoms with E-state index in [-0.39, 0.29) is 29.4 Å². The molecule has 0 heterocycles. The molecule has 142 valence electrons. The Kier molecular flexibility index (Phi) is 8.20. The number of anilines is 1. The maximum absolute atomic E-state index is 6.04. The average molecular weight is 469 g/mol. The van der Waals surface area contributed by atoms with E-state index < -0.39 is 0 Å². The number of nitrogens with one attached hydrogen (secondary N) is 1. The van der Waals surface area contributed by atoms with E-state index in [9.17, 15) is 0 Å². The van der Waals surface area contributed by atoms with E-state index in [0.29, 0.717) is 24.0 Å². The number of aryl methyl sites for hydroxylation is 1. The number of aliphatic imine (C=N–C) groups is 1. The molecule has 2 rings (SSSR count). The normalized spacial score (nSPS) is 11.5. The summed E-state index contributed by atoms with van der Waals surface area (Å²) in [6, 6.07) is 14.0. The predicted octanol–water partition coefficient (Wildman–Crippen LogP) is 4.33. The van der Waals surface area contributed by atoms with Crippen LogP contribution in [0, 0.1) is 6.92 Å². The van der Waals surface area contributed by atoms with E-state index in [4.69, 9.17) is 15.2 Å². The summed E-state index contributed by atoms with van der Waals surface area (Å²) >= 11 is 0. The van der Waals surface area contributed by atoms with Crippen molar-refractivity contribution in [1.82, 2.24) is 0 Å². The molecular formula is C20H28IN3O2. The lowest BCUT2D eigenvalue weighted by molar-refractivity contribution is 0.355. The summed E-state index contributed by atoms with van der Waals surface area (Å²) in [5.74, 6) is 1.68. The molecule has 0 aliphatic heterocycles. The SMILES string of the molecule is COc1ccc(NC(N)=NCC(C)(C)c2ccc(C)cc2)cc1OC.I. The molecule has 26 heavy (non-hydrogen) atoms. The second-order valence-corrected chi connectivity index (χ2v) is 6.65. The van der Waals surface area contributed by atoms with Crippen LogP contribution in [0.1, 0.15) is 25.0 Å². The zero-order chi connectivity index (χ0) is 18.4. The highest BCUT2D eigenvalue weighted by atomic mass is 127. The van der Waals surface area contributed by atoms with Gasteiger partial charge in [0, 0.05) is 17.2 Å². The van der Waals surface area contributed by atoms with E-state index >= 15 is 0 Å². The van der Waals surface area contributed by atoms with Gasteiger partial charge < -0.3 is 20.5 Å². The third-order valence-electron chi connectivity index (χ3n) is 4.13. The highest BCUT2D eigenvalue weighted by Gasteiger charge is 2.20. The zero-order valence-electron chi connectivity index (χ0n) is 16.0. The van der Waals surface area contributed by atoms with Gasteiger partial charge in [-0.3, -0.25) is 4.99 Å². The Morgan fingerprint density at radius 3 is 2.23 bits per heavy atom. The molecule has 6 heteroatoms. The van der Waals surface area contributed by atoms with Crippen LogP contribution in [0.3, 0.4) is 0 Å². The van der Waals surface area contributed by atoms with E-state index in [1.165, 1.54) is 11.1 Å². The minimum atomic E-state index is -0.0996. The van der Waals surface area contributed by atoms with Crippen molar-refractivity contribution in [3.8, 4) is 11.5 Å². The standard InChI is InChI=1S/C20H27N3O2.HI/c1-14-6-8-15(9-7-14)20(2,3)13-22-19(21)23-16-10-11-17(24-4)18(12-16)25-5;/h6-12H,13H2,1-5H3,(H3,21,22,23);1H. The minimum absolute atomic E-state index is 0. The first-order valence-corrected chi connectivity index (χ1v) is 8.22. The van der Waals surface area contributed by atoms with E-state index in [0.717, 1.165) is 5.69 Å². The van der Waals surface area contributed by atoms with Crippen molar-refractivity contribution in [3.63, 3.8) is 0 Å². The van der Waals surface area contributed by atoms with Crippen LogP contribution in [0.4, 0.5) is 5.69 Å². The molecule has 0 unspecified atom stereocenters. The van der Waals surface area contributed by atoms with Gasteiger partial charge in [-0.2, -0.15) is 0 Å². The fourth-order valence-corrected chi connectivity index (χ4v) is 2.48. The van der Waals surface area contributed by atoms with Crippen molar-refractivity contribution in [3.05, 3.63) is 53.6 Å². The Morgan fingerprint density at radius 2 is 1.65 bits per heavy atom. The van der Waals surface area contributed by atoms with Gasteiger partial charge in [0.05, 0.1) is 20.8 Å². The first kappa shape index (κ1) is 22.1. The summed E-state index contributed by atoms with van der Waals surface area (Å²) in [4.78, 5) is 4.50. The van der Waals surface area contributed by atoms with Crippen molar-refractivity contribution in [2.24, 2.45) is 10.7 Å². The molecule has 0 saturated carbocycles. The van der Waals surface area contributed by atoms with Crippen LogP contribution in [0.15, 0.2) is 47.5 Å². The van der Waals surface area contributed by atoms with E-state index in [1.54, 1.807) is 14.2 Å². The quantitative estimate of drug-likeness (QED) is 0.376. The van der Waals surface area contributed by atoms with Crippen LogP contribution in [-0.2, 0) is 5.41 Å². The maximum atomic E-state index is 6.04. The Hall–Kier alpha value is -1.96. The highest BCUT2D eigenvalue weighted by molar-refractivity contribution is 14.0. The lowest BCUT2D eigenvalue weighted by Gasteiger charge is -2.23. The number of halogens is 1. The molecular weight excluding hydrogens is 441 g/mol. The largest absolute Gasteiger partial charge is 0.493 e. The summed E-state index contributed by atoms with van der Waals surface area (Å²) in [6.07, 6.45) is 0. The van der Waals surface area contributed by atoms with E-state index in [2.05, 4.69) is 55.3 Å². The first-order valence-electron chi connectivity index (χ1n) is 8.22. The molecule has 2 aromatic rings. The molecule has 0 amide bonds. The maximum Gasteiger partial charge on any atom is 0.193 e. The number of rotatable bonds is 6. The van der Waals surface area contributed by atoms with Gasteiger partial charge in [-0.25, -0.2) is 0 Å². The summed E-state index contributed by atoms with van der Waals surface area (Å²) in [5.41, 5.74) is 9.23. The van der Waals surface area contributed by atoms with Crippen LogP contribution in [-0.4, -0.2) is 26.7 Å². The molecule has 0 radical (unpaired) electrons. The van der Waals surface area contributed by atoms with Crippen molar-refractivity contribution in [2.75, 3.05) is 26.1 Å². The van der Waals surface area contributed by atoms with Gasteiger partial charge in [-0.1, -0.05) is 43.7 Å². The Labute approximate surface area is 173 Å². The second kappa shape index (κ2) is 9.66. The monoisotopic (exact) mass is 469 g/mol. The number of methoxy groups -OCH3 is 2. The molecule has 5 nitrogen and oxygen atoms in total.